The Morgan fingerprint density at radius 2 is 2.21 bits per heavy atom. The van der Waals surface area contributed by atoms with Crippen LogP contribution in [-0.2, 0) is 19.8 Å². The van der Waals surface area contributed by atoms with Crippen LogP contribution in [0, 0.1) is 11.7 Å². The lowest BCUT2D eigenvalue weighted by molar-refractivity contribution is 0.120. The van der Waals surface area contributed by atoms with Crippen molar-refractivity contribution in [3.63, 3.8) is 0 Å². The lowest BCUT2D eigenvalue weighted by Gasteiger charge is -2.34. The molecule has 7 nitrogen and oxygen atoms in total. The number of amides is 1. The van der Waals surface area contributed by atoms with E-state index in [1.165, 1.54) is 24.6 Å². The van der Waals surface area contributed by atoms with Gasteiger partial charge < -0.3 is 13.9 Å². The number of aliphatic imine (C=N–C) groups is 1. The first kappa shape index (κ1) is 25.3. The van der Waals surface area contributed by atoms with Gasteiger partial charge in [-0.25, -0.2) is 23.6 Å². The molecule has 34 heavy (non-hydrogen) atoms. The minimum atomic E-state index is -1.57. The second-order valence-corrected chi connectivity index (χ2v) is 17.4. The molecule has 0 bridgehead atoms. The van der Waals surface area contributed by atoms with Crippen LogP contribution in [0.15, 0.2) is 44.7 Å². The van der Waals surface area contributed by atoms with Crippen LogP contribution in [0.2, 0.25) is 25.7 Å². The maximum absolute atomic E-state index is 14.9. The van der Waals surface area contributed by atoms with Crippen molar-refractivity contribution in [2.24, 2.45) is 10.9 Å². The van der Waals surface area contributed by atoms with Crippen molar-refractivity contribution >= 4 is 47.1 Å². The van der Waals surface area contributed by atoms with Gasteiger partial charge in [0, 0.05) is 30.6 Å². The molecule has 2 aromatic rings. The Hall–Kier alpha value is -1.76. The molecule has 0 saturated heterocycles. The van der Waals surface area contributed by atoms with Crippen LogP contribution in [-0.4, -0.2) is 44.4 Å². The van der Waals surface area contributed by atoms with Gasteiger partial charge in [-0.2, -0.15) is 0 Å². The summed E-state index contributed by atoms with van der Waals surface area (Å²) in [6.45, 7) is 6.24. The average molecular weight is 575 g/mol. The summed E-state index contributed by atoms with van der Waals surface area (Å²) in [4.78, 5) is 20.9. The molecule has 1 saturated carbocycles. The molecule has 12 heteroatoms. The largest absolute Gasteiger partial charge is 0.447 e. The van der Waals surface area contributed by atoms with Gasteiger partial charge in [-0.1, -0.05) is 47.3 Å². The summed E-state index contributed by atoms with van der Waals surface area (Å²) in [7, 11) is -1.24. The zero-order valence-electron chi connectivity index (χ0n) is 19.1. The van der Waals surface area contributed by atoms with Gasteiger partial charge in [0.25, 0.3) is 5.23 Å². The molecule has 1 aromatic heterocycles. The monoisotopic (exact) mass is 573 g/mol. The van der Waals surface area contributed by atoms with E-state index in [0.717, 1.165) is 17.8 Å². The van der Waals surface area contributed by atoms with Crippen molar-refractivity contribution in [3.05, 3.63) is 52.4 Å². The number of carbonyl (C=O) groups excluding carboxylic acids is 1. The number of benzene rings is 1. The second-order valence-electron chi connectivity index (χ2n) is 9.60. The highest BCUT2D eigenvalue weighted by molar-refractivity contribution is 9.10. The predicted octanol–water partition coefficient (Wildman–Crippen LogP) is 5.80. The second kappa shape index (κ2) is 9.71. The van der Waals surface area contributed by atoms with E-state index in [1.54, 1.807) is 6.20 Å². The van der Waals surface area contributed by atoms with Gasteiger partial charge >= 0.3 is 6.09 Å². The highest BCUT2D eigenvalue weighted by Gasteiger charge is 2.71. The van der Waals surface area contributed by atoms with Crippen LogP contribution in [0.1, 0.15) is 17.7 Å². The Kier molecular flexibility index (Phi) is 7.23. The number of oxazole rings is 1. The minimum Gasteiger partial charge on any atom is -0.447 e. The van der Waals surface area contributed by atoms with E-state index in [2.05, 4.69) is 50.9 Å². The van der Waals surface area contributed by atoms with E-state index < -0.39 is 42.9 Å². The highest BCUT2D eigenvalue weighted by atomic mass is 79.9. The van der Waals surface area contributed by atoms with Crippen molar-refractivity contribution in [1.82, 2.24) is 10.3 Å². The summed E-state index contributed by atoms with van der Waals surface area (Å²) in [5, 5.41) is 2.46. The zero-order valence-corrected chi connectivity index (χ0v) is 22.5. The van der Waals surface area contributed by atoms with Crippen LogP contribution >= 0.6 is 27.7 Å². The first-order chi connectivity index (χ1) is 16.1. The van der Waals surface area contributed by atoms with Crippen molar-refractivity contribution in [1.29, 1.82) is 0 Å². The molecule has 2 heterocycles. The normalized spacial score (nSPS) is 25.9. The molecule has 1 N–H and O–H groups in total. The molecule has 0 unspecified atom stereocenters. The molecular formula is C22H26BrF2N3O4SSi. The van der Waals surface area contributed by atoms with E-state index in [1.807, 2.05) is 0 Å². The number of halogens is 3. The molecule has 1 aliphatic heterocycles. The number of hydrogen-bond donors (Lipinski definition) is 1. The van der Waals surface area contributed by atoms with Gasteiger partial charge in [0.05, 0.1) is 10.9 Å². The molecule has 1 fully saturated rings. The van der Waals surface area contributed by atoms with Crippen molar-refractivity contribution in [2.45, 2.75) is 42.4 Å². The Morgan fingerprint density at radius 1 is 1.41 bits per heavy atom. The number of thioether (sulfide) groups is 1. The molecule has 1 aromatic carbocycles. The van der Waals surface area contributed by atoms with Crippen LogP contribution in [0.25, 0.3) is 0 Å². The van der Waals surface area contributed by atoms with E-state index in [9.17, 15) is 13.6 Å². The third-order valence-corrected chi connectivity index (χ3v) is 9.55. The molecule has 184 valence electrons. The summed E-state index contributed by atoms with van der Waals surface area (Å²) < 4.78 is 46.0. The van der Waals surface area contributed by atoms with E-state index in [0.29, 0.717) is 23.3 Å². The van der Waals surface area contributed by atoms with Crippen LogP contribution in [0.5, 0.6) is 0 Å². The molecule has 0 radical (unpaired) electrons. The lowest BCUT2D eigenvalue weighted by Crippen LogP contribution is -2.39. The Bertz CT molecular complexity index is 1080. The average Bonchev–Trinajstić information content (AvgIpc) is 3.25. The number of nitrogens with one attached hydrogen (secondary N) is 1. The maximum atomic E-state index is 14.9. The molecule has 0 spiro atoms. The van der Waals surface area contributed by atoms with Crippen LogP contribution < -0.4 is 5.32 Å². The van der Waals surface area contributed by atoms with Gasteiger partial charge in [0.15, 0.2) is 6.39 Å². The van der Waals surface area contributed by atoms with Crippen LogP contribution in [0.4, 0.5) is 13.6 Å². The molecule has 2 aliphatic rings. The Labute approximate surface area is 210 Å². The smallest absolute Gasteiger partial charge is 0.416 e. The summed E-state index contributed by atoms with van der Waals surface area (Å²) in [6.07, 6.45) is 2.50. The molecule has 1 aliphatic carbocycles. The van der Waals surface area contributed by atoms with Gasteiger partial charge in [-0.15, -0.1) is 0 Å². The van der Waals surface area contributed by atoms with Crippen molar-refractivity contribution in [2.75, 3.05) is 20.0 Å². The van der Waals surface area contributed by atoms with E-state index in [-0.39, 0.29) is 17.5 Å². The van der Waals surface area contributed by atoms with Crippen LogP contribution in [0.3, 0.4) is 0 Å². The fourth-order valence-electron chi connectivity index (χ4n) is 4.07. The lowest BCUT2D eigenvalue weighted by atomic mass is 9.84. The fraction of sp³-hybridized carbons (Fsp3) is 0.500. The first-order valence-corrected chi connectivity index (χ1v) is 16.1. The quantitative estimate of drug-likeness (QED) is 0.244. The summed E-state index contributed by atoms with van der Waals surface area (Å²) in [6, 6.07) is 5.28. The third-order valence-electron chi connectivity index (χ3n) is 5.99. The van der Waals surface area contributed by atoms with Crippen molar-refractivity contribution < 1.29 is 27.5 Å². The maximum Gasteiger partial charge on any atom is 0.416 e. The fourth-order valence-corrected chi connectivity index (χ4v) is 6.61. The van der Waals surface area contributed by atoms with Crippen molar-refractivity contribution in [3.8, 4) is 0 Å². The standard InChI is InChI=1S/C22H26BrF2N3O4SSi/c1-34(2,3)7-6-30-13-27-19(29)32-20-28-21(11-24,15-8-14(23)4-5-16(15)25)17-9-22(17,33-20)18-10-26-12-31-18/h4-5,8,10,12,17H,6-7,9,11,13H2,1-3H3,(H,27,29)/t17-,21+,22-/m0/s1. The van der Waals surface area contributed by atoms with Gasteiger partial charge in [0.1, 0.15) is 30.5 Å². The number of aromatic nitrogens is 1. The third kappa shape index (κ3) is 5.09. The molecule has 1 amide bonds. The number of ether oxygens (including phenoxy) is 2. The first-order valence-electron chi connectivity index (χ1n) is 10.8. The topological polar surface area (TPSA) is 86.0 Å². The number of alkyl carbamates (subject to hydrolysis) is 1. The van der Waals surface area contributed by atoms with Gasteiger partial charge in [-0.3, -0.25) is 5.32 Å². The van der Waals surface area contributed by atoms with E-state index in [4.69, 9.17) is 13.9 Å². The zero-order chi connectivity index (χ0) is 24.6. The Morgan fingerprint density at radius 3 is 2.88 bits per heavy atom. The number of nitrogens with zero attached hydrogens (tertiary/aromatic N) is 2. The number of carbonyl (C=O) groups is 1. The summed E-state index contributed by atoms with van der Waals surface area (Å²) in [5.41, 5.74) is -1.48. The van der Waals surface area contributed by atoms with E-state index >= 15 is 0 Å². The summed E-state index contributed by atoms with van der Waals surface area (Å²) >= 11 is 4.49. The molecule has 4 rings (SSSR count). The number of hydrogen-bond acceptors (Lipinski definition) is 7. The van der Waals surface area contributed by atoms with Gasteiger partial charge in [-0.05, 0) is 30.7 Å². The van der Waals surface area contributed by atoms with Gasteiger partial charge in [0.2, 0.25) is 0 Å². The minimum absolute atomic E-state index is 0.0222. The molecule has 3 atom stereocenters. The SMILES string of the molecule is C[Si](C)(C)CCOCNC(=O)OC1=N[C@](CF)(c2cc(Br)ccc2F)[C@@H]2C[C@]2(c2cnco2)S1. The summed E-state index contributed by atoms with van der Waals surface area (Å²) in [5.74, 6) is -0.497. The Balaban J connectivity index is 1.56. The predicted molar refractivity (Wildman–Crippen MR) is 132 cm³/mol. The number of rotatable bonds is 8. The highest BCUT2D eigenvalue weighted by Crippen LogP contribution is 2.71. The number of alkyl halides is 1. The molecular weight excluding hydrogens is 548 g/mol. The number of fused-ring (bicyclic) bond motifs is 1.